The van der Waals surface area contributed by atoms with E-state index in [-0.39, 0.29) is 36.4 Å². The number of esters is 1. The number of hydrogen-bond donors (Lipinski definition) is 1. The van der Waals surface area contributed by atoms with Crippen molar-refractivity contribution in [1.29, 1.82) is 0 Å². The average molecular weight is 319 g/mol. The second-order valence-electron chi connectivity index (χ2n) is 6.20. The van der Waals surface area contributed by atoms with Gasteiger partial charge in [0.05, 0.1) is 25.7 Å². The van der Waals surface area contributed by atoms with Gasteiger partial charge < -0.3 is 14.8 Å². The van der Waals surface area contributed by atoms with Crippen LogP contribution in [0.3, 0.4) is 0 Å². The van der Waals surface area contributed by atoms with E-state index in [1.807, 2.05) is 38.1 Å². The van der Waals surface area contributed by atoms with Gasteiger partial charge in [-0.05, 0) is 44.4 Å². The molecule has 5 heteroatoms. The molecule has 2 rings (SSSR count). The molecule has 0 bridgehead atoms. The van der Waals surface area contributed by atoms with Crippen molar-refractivity contribution in [2.45, 2.75) is 51.7 Å². The lowest BCUT2D eigenvalue weighted by Crippen LogP contribution is -2.38. The van der Waals surface area contributed by atoms with Gasteiger partial charge in [-0.15, -0.1) is 0 Å². The lowest BCUT2D eigenvalue weighted by atomic mass is 9.84. The van der Waals surface area contributed by atoms with Gasteiger partial charge in [0.25, 0.3) is 0 Å². The lowest BCUT2D eigenvalue weighted by Gasteiger charge is -2.27. The summed E-state index contributed by atoms with van der Waals surface area (Å²) in [4.78, 5) is 24.2. The molecule has 1 amide bonds. The Labute approximate surface area is 137 Å². The Morgan fingerprint density at radius 3 is 2.35 bits per heavy atom. The third kappa shape index (κ3) is 4.98. The fourth-order valence-corrected chi connectivity index (χ4v) is 2.53. The van der Waals surface area contributed by atoms with Gasteiger partial charge in [0.2, 0.25) is 5.91 Å². The van der Waals surface area contributed by atoms with Gasteiger partial charge in [0.1, 0.15) is 5.75 Å². The van der Waals surface area contributed by atoms with E-state index in [1.54, 1.807) is 7.11 Å². The summed E-state index contributed by atoms with van der Waals surface area (Å²) in [6, 6.07) is 7.01. The minimum absolute atomic E-state index is 0.0226. The number of benzene rings is 1. The largest absolute Gasteiger partial charge is 0.497 e. The van der Waals surface area contributed by atoms with E-state index < -0.39 is 0 Å². The molecule has 5 nitrogen and oxygen atoms in total. The van der Waals surface area contributed by atoms with E-state index in [0.717, 1.165) is 30.6 Å². The molecule has 1 atom stereocenters. The van der Waals surface area contributed by atoms with Crippen molar-refractivity contribution in [3.63, 3.8) is 0 Å². The van der Waals surface area contributed by atoms with Gasteiger partial charge in [-0.3, -0.25) is 9.59 Å². The highest BCUT2D eigenvalue weighted by atomic mass is 16.5. The maximum Gasteiger partial charge on any atom is 0.308 e. The molecule has 0 saturated heterocycles. The SMILES string of the molecule is COc1ccc([C@@H](CC(=O)OC(C)C)NC(=O)C2CCC2)cc1. The molecule has 0 radical (unpaired) electrons. The van der Waals surface area contributed by atoms with Crippen molar-refractivity contribution in [2.24, 2.45) is 5.92 Å². The highest BCUT2D eigenvalue weighted by Gasteiger charge is 2.28. The van der Waals surface area contributed by atoms with Crippen LogP contribution in [0.2, 0.25) is 0 Å². The van der Waals surface area contributed by atoms with E-state index in [0.29, 0.717) is 0 Å². The molecule has 1 N–H and O–H groups in total. The van der Waals surface area contributed by atoms with Crippen LogP contribution in [0.25, 0.3) is 0 Å². The van der Waals surface area contributed by atoms with E-state index in [2.05, 4.69) is 5.32 Å². The van der Waals surface area contributed by atoms with Crippen molar-refractivity contribution in [3.8, 4) is 5.75 Å². The molecule has 1 fully saturated rings. The third-order valence-corrected chi connectivity index (χ3v) is 4.05. The smallest absolute Gasteiger partial charge is 0.308 e. The van der Waals surface area contributed by atoms with E-state index in [9.17, 15) is 9.59 Å². The molecular weight excluding hydrogens is 294 g/mol. The molecule has 1 aliphatic rings. The van der Waals surface area contributed by atoms with Crippen LogP contribution in [0, 0.1) is 5.92 Å². The topological polar surface area (TPSA) is 64.6 Å². The van der Waals surface area contributed by atoms with Crippen LogP contribution in [0.1, 0.15) is 51.1 Å². The second-order valence-corrected chi connectivity index (χ2v) is 6.20. The average Bonchev–Trinajstić information content (AvgIpc) is 2.44. The number of nitrogens with one attached hydrogen (secondary N) is 1. The number of methoxy groups -OCH3 is 1. The van der Waals surface area contributed by atoms with Crippen molar-refractivity contribution < 1.29 is 19.1 Å². The minimum Gasteiger partial charge on any atom is -0.497 e. The number of carbonyl (C=O) groups excluding carboxylic acids is 2. The van der Waals surface area contributed by atoms with Gasteiger partial charge in [0.15, 0.2) is 0 Å². The first-order chi connectivity index (χ1) is 11.0. The van der Waals surface area contributed by atoms with Crippen LogP contribution >= 0.6 is 0 Å². The summed E-state index contributed by atoms with van der Waals surface area (Å²) in [6.07, 6.45) is 2.92. The molecule has 1 aliphatic carbocycles. The Morgan fingerprint density at radius 2 is 1.87 bits per heavy atom. The molecule has 1 aromatic rings. The predicted octanol–water partition coefficient (Wildman–Crippen LogP) is 2.99. The first kappa shape index (κ1) is 17.3. The Bertz CT molecular complexity index is 534. The van der Waals surface area contributed by atoms with E-state index >= 15 is 0 Å². The molecule has 0 aliphatic heterocycles. The summed E-state index contributed by atoms with van der Waals surface area (Å²) in [6.45, 7) is 3.63. The van der Waals surface area contributed by atoms with E-state index in [1.165, 1.54) is 0 Å². The quantitative estimate of drug-likeness (QED) is 0.785. The highest BCUT2D eigenvalue weighted by Crippen LogP contribution is 2.28. The van der Waals surface area contributed by atoms with Crippen LogP contribution in [0.15, 0.2) is 24.3 Å². The fraction of sp³-hybridized carbons (Fsp3) is 0.556. The zero-order valence-corrected chi connectivity index (χ0v) is 14.0. The monoisotopic (exact) mass is 319 g/mol. The molecule has 1 aromatic carbocycles. The summed E-state index contributed by atoms with van der Waals surface area (Å²) in [7, 11) is 1.60. The van der Waals surface area contributed by atoms with Gasteiger partial charge >= 0.3 is 5.97 Å². The van der Waals surface area contributed by atoms with E-state index in [4.69, 9.17) is 9.47 Å². The number of ether oxygens (including phenoxy) is 2. The van der Waals surface area contributed by atoms with Gasteiger partial charge in [-0.2, -0.15) is 0 Å². The Balaban J connectivity index is 2.08. The minimum atomic E-state index is -0.375. The van der Waals surface area contributed by atoms with Gasteiger partial charge in [-0.1, -0.05) is 18.6 Å². The lowest BCUT2D eigenvalue weighted by molar-refractivity contribution is -0.148. The maximum atomic E-state index is 12.2. The molecule has 0 unspecified atom stereocenters. The van der Waals surface area contributed by atoms with Crippen LogP contribution in [0.5, 0.6) is 5.75 Å². The molecule has 0 spiro atoms. The number of amides is 1. The molecule has 126 valence electrons. The van der Waals surface area contributed by atoms with Crippen molar-refractivity contribution in [1.82, 2.24) is 5.32 Å². The summed E-state index contributed by atoms with van der Waals surface area (Å²) in [5.74, 6) is 0.531. The summed E-state index contributed by atoms with van der Waals surface area (Å²) < 4.78 is 10.4. The van der Waals surface area contributed by atoms with Crippen LogP contribution < -0.4 is 10.1 Å². The fourth-order valence-electron chi connectivity index (χ4n) is 2.53. The predicted molar refractivity (Wildman–Crippen MR) is 87.1 cm³/mol. The highest BCUT2D eigenvalue weighted by molar-refractivity contribution is 5.81. The number of carbonyl (C=O) groups is 2. The van der Waals surface area contributed by atoms with Crippen LogP contribution in [-0.2, 0) is 14.3 Å². The van der Waals surface area contributed by atoms with Crippen LogP contribution in [0.4, 0.5) is 0 Å². The number of hydrogen-bond acceptors (Lipinski definition) is 4. The molecule has 23 heavy (non-hydrogen) atoms. The van der Waals surface area contributed by atoms with Crippen molar-refractivity contribution in [3.05, 3.63) is 29.8 Å². The zero-order chi connectivity index (χ0) is 16.8. The first-order valence-electron chi connectivity index (χ1n) is 8.13. The Morgan fingerprint density at radius 1 is 1.22 bits per heavy atom. The molecular formula is C18H25NO4. The van der Waals surface area contributed by atoms with Crippen molar-refractivity contribution >= 4 is 11.9 Å². The third-order valence-electron chi connectivity index (χ3n) is 4.05. The Kier molecular flexibility index (Phi) is 6.02. The maximum absolute atomic E-state index is 12.2. The van der Waals surface area contributed by atoms with Crippen LogP contribution in [-0.4, -0.2) is 25.1 Å². The summed E-state index contributed by atoms with van der Waals surface area (Å²) in [5.41, 5.74) is 0.874. The standard InChI is InChI=1S/C18H25NO4/c1-12(2)23-17(20)11-16(19-18(21)14-5-4-6-14)13-7-9-15(22-3)10-8-13/h7-10,12,14,16H,4-6,11H2,1-3H3,(H,19,21)/t16-/m1/s1. The molecule has 0 heterocycles. The first-order valence-corrected chi connectivity index (χ1v) is 8.13. The number of rotatable bonds is 7. The van der Waals surface area contributed by atoms with Crippen molar-refractivity contribution in [2.75, 3.05) is 7.11 Å². The molecule has 0 aromatic heterocycles. The summed E-state index contributed by atoms with van der Waals surface area (Å²) >= 11 is 0. The summed E-state index contributed by atoms with van der Waals surface area (Å²) in [5, 5.41) is 3.00. The molecule has 1 saturated carbocycles. The van der Waals surface area contributed by atoms with Gasteiger partial charge in [0, 0.05) is 5.92 Å². The second kappa shape index (κ2) is 7.99. The zero-order valence-electron chi connectivity index (χ0n) is 14.0. The Hall–Kier alpha value is -2.04. The normalized spacial score (nSPS) is 15.7. The van der Waals surface area contributed by atoms with Gasteiger partial charge in [-0.25, -0.2) is 0 Å².